The Bertz CT molecular complexity index is 925. The zero-order valence-electron chi connectivity index (χ0n) is 15.3. The van der Waals surface area contributed by atoms with Crippen LogP contribution in [0, 0.1) is 20.8 Å². The van der Waals surface area contributed by atoms with Gasteiger partial charge in [0.05, 0.1) is 10.5 Å². The third kappa shape index (κ3) is 3.68. The number of carbonyl (C=O) groups excluding carboxylic acids is 1. The molecule has 1 N–H and O–H groups in total. The summed E-state index contributed by atoms with van der Waals surface area (Å²) in [7, 11) is -3.54. The van der Waals surface area contributed by atoms with Crippen LogP contribution in [0.15, 0.2) is 33.6 Å². The van der Waals surface area contributed by atoms with Crippen LogP contribution in [-0.2, 0) is 10.0 Å². The van der Waals surface area contributed by atoms with Crippen molar-refractivity contribution in [1.82, 2.24) is 4.31 Å². The zero-order chi connectivity index (χ0) is 18.9. The fraction of sp³-hybridized carbons (Fsp3) is 0.421. The Balaban J connectivity index is 1.88. The number of hydrogen-bond acceptors (Lipinski definition) is 4. The Morgan fingerprint density at radius 3 is 2.38 bits per heavy atom. The first kappa shape index (κ1) is 18.7. The number of nitrogens with one attached hydrogen (secondary N) is 1. The van der Waals surface area contributed by atoms with Crippen LogP contribution in [0.1, 0.15) is 46.7 Å². The number of rotatable bonds is 4. The first-order valence-electron chi connectivity index (χ1n) is 8.78. The first-order valence-corrected chi connectivity index (χ1v) is 10.2. The van der Waals surface area contributed by atoms with Crippen LogP contribution in [0.3, 0.4) is 0 Å². The second-order valence-electron chi connectivity index (χ2n) is 6.72. The average Bonchev–Trinajstić information content (AvgIpc) is 2.96. The molecule has 1 aromatic carbocycles. The van der Waals surface area contributed by atoms with E-state index >= 15 is 0 Å². The summed E-state index contributed by atoms with van der Waals surface area (Å²) in [6.45, 7) is 6.43. The van der Waals surface area contributed by atoms with Gasteiger partial charge in [-0.15, -0.1) is 0 Å². The van der Waals surface area contributed by atoms with E-state index in [0.717, 1.165) is 24.8 Å². The van der Waals surface area contributed by atoms with Gasteiger partial charge in [0.25, 0.3) is 5.91 Å². The van der Waals surface area contributed by atoms with Gasteiger partial charge in [0.1, 0.15) is 11.5 Å². The van der Waals surface area contributed by atoms with Crippen molar-refractivity contribution in [3.63, 3.8) is 0 Å². The van der Waals surface area contributed by atoms with Crippen LogP contribution in [-0.4, -0.2) is 31.7 Å². The number of carbonyl (C=O) groups is 1. The minimum Gasteiger partial charge on any atom is -0.466 e. The fourth-order valence-electron chi connectivity index (χ4n) is 3.20. The van der Waals surface area contributed by atoms with Gasteiger partial charge in [0, 0.05) is 18.8 Å². The number of piperidine rings is 1. The van der Waals surface area contributed by atoms with Crippen LogP contribution in [0.2, 0.25) is 0 Å². The monoisotopic (exact) mass is 376 g/mol. The van der Waals surface area contributed by atoms with E-state index in [1.54, 1.807) is 38.1 Å². The molecule has 1 aliphatic heterocycles. The standard InChI is InChI=1S/C19H24N2O4S/c1-13-7-8-16(26(23,24)21-9-5-4-6-10-21)12-18(13)20-19(22)17-11-14(2)25-15(17)3/h7-8,11-12H,4-6,9-10H2,1-3H3,(H,20,22). The molecule has 1 aliphatic rings. The lowest BCUT2D eigenvalue weighted by Gasteiger charge is -2.26. The lowest BCUT2D eigenvalue weighted by atomic mass is 10.2. The number of anilines is 1. The van der Waals surface area contributed by atoms with E-state index in [0.29, 0.717) is 35.9 Å². The normalized spacial score (nSPS) is 15.8. The predicted molar refractivity (Wildman–Crippen MR) is 99.9 cm³/mol. The van der Waals surface area contributed by atoms with E-state index < -0.39 is 10.0 Å². The molecule has 1 saturated heterocycles. The van der Waals surface area contributed by atoms with E-state index in [4.69, 9.17) is 4.42 Å². The van der Waals surface area contributed by atoms with Crippen molar-refractivity contribution < 1.29 is 17.6 Å². The molecule has 0 spiro atoms. The van der Waals surface area contributed by atoms with Gasteiger partial charge >= 0.3 is 0 Å². The minimum atomic E-state index is -3.54. The molecule has 2 heterocycles. The quantitative estimate of drug-likeness (QED) is 0.884. The third-order valence-corrected chi connectivity index (χ3v) is 6.59. The van der Waals surface area contributed by atoms with E-state index in [9.17, 15) is 13.2 Å². The van der Waals surface area contributed by atoms with E-state index in [-0.39, 0.29) is 10.8 Å². The van der Waals surface area contributed by atoms with E-state index in [1.165, 1.54) is 4.31 Å². The maximum absolute atomic E-state index is 12.9. The topological polar surface area (TPSA) is 79.6 Å². The van der Waals surface area contributed by atoms with Gasteiger partial charge in [-0.25, -0.2) is 8.42 Å². The molecule has 1 amide bonds. The van der Waals surface area contributed by atoms with Gasteiger partial charge in [-0.2, -0.15) is 4.31 Å². The highest BCUT2D eigenvalue weighted by atomic mass is 32.2. The van der Waals surface area contributed by atoms with Gasteiger partial charge in [-0.1, -0.05) is 12.5 Å². The van der Waals surface area contributed by atoms with Crippen molar-refractivity contribution in [1.29, 1.82) is 0 Å². The molecule has 6 nitrogen and oxygen atoms in total. The fourth-order valence-corrected chi connectivity index (χ4v) is 4.74. The van der Waals surface area contributed by atoms with Crippen molar-refractivity contribution >= 4 is 21.6 Å². The van der Waals surface area contributed by atoms with Crippen LogP contribution in [0.5, 0.6) is 0 Å². The number of nitrogens with zero attached hydrogens (tertiary/aromatic N) is 1. The number of aryl methyl sites for hydroxylation is 3. The molecule has 3 rings (SSSR count). The van der Waals surface area contributed by atoms with Crippen molar-refractivity contribution in [3.05, 3.63) is 46.9 Å². The number of furan rings is 1. The number of benzene rings is 1. The lowest BCUT2D eigenvalue weighted by molar-refractivity contribution is 0.102. The summed E-state index contributed by atoms with van der Waals surface area (Å²) in [4.78, 5) is 12.7. The van der Waals surface area contributed by atoms with Crippen LogP contribution in [0.25, 0.3) is 0 Å². The Labute approximate surface area is 154 Å². The second-order valence-corrected chi connectivity index (χ2v) is 8.66. The summed E-state index contributed by atoms with van der Waals surface area (Å²) in [5.74, 6) is 0.885. The van der Waals surface area contributed by atoms with Gasteiger partial charge in [0.2, 0.25) is 10.0 Å². The molecule has 0 saturated carbocycles. The molecule has 0 unspecified atom stereocenters. The van der Waals surface area contributed by atoms with Gasteiger partial charge in [-0.05, 0) is 57.4 Å². The van der Waals surface area contributed by atoms with Crippen molar-refractivity contribution in [2.24, 2.45) is 0 Å². The third-order valence-electron chi connectivity index (χ3n) is 4.70. The Morgan fingerprint density at radius 2 is 1.77 bits per heavy atom. The lowest BCUT2D eigenvalue weighted by Crippen LogP contribution is -2.35. The molecule has 0 aliphatic carbocycles. The maximum atomic E-state index is 12.9. The summed E-state index contributed by atoms with van der Waals surface area (Å²) < 4.78 is 32.6. The van der Waals surface area contributed by atoms with Crippen LogP contribution < -0.4 is 5.32 Å². The average molecular weight is 376 g/mol. The highest BCUT2D eigenvalue weighted by Gasteiger charge is 2.26. The summed E-state index contributed by atoms with van der Waals surface area (Å²) in [6, 6.07) is 6.54. The van der Waals surface area contributed by atoms with Crippen molar-refractivity contribution in [2.45, 2.75) is 44.9 Å². The van der Waals surface area contributed by atoms with Gasteiger partial charge < -0.3 is 9.73 Å². The smallest absolute Gasteiger partial charge is 0.259 e. The SMILES string of the molecule is Cc1cc(C(=O)Nc2cc(S(=O)(=O)N3CCCCC3)ccc2C)c(C)o1. The molecule has 0 radical (unpaired) electrons. The Morgan fingerprint density at radius 1 is 1.08 bits per heavy atom. The molecular formula is C19H24N2O4S. The largest absolute Gasteiger partial charge is 0.466 e. The highest BCUT2D eigenvalue weighted by molar-refractivity contribution is 7.89. The highest BCUT2D eigenvalue weighted by Crippen LogP contribution is 2.26. The summed E-state index contributed by atoms with van der Waals surface area (Å²) in [5, 5.41) is 2.81. The number of hydrogen-bond donors (Lipinski definition) is 1. The number of amides is 1. The van der Waals surface area contributed by atoms with E-state index in [1.807, 2.05) is 6.92 Å². The molecular weight excluding hydrogens is 352 g/mol. The summed E-state index contributed by atoms with van der Waals surface area (Å²) in [5.41, 5.74) is 1.74. The molecule has 0 atom stereocenters. The molecule has 7 heteroatoms. The summed E-state index contributed by atoms with van der Waals surface area (Å²) >= 11 is 0. The van der Waals surface area contributed by atoms with Crippen LogP contribution >= 0.6 is 0 Å². The van der Waals surface area contributed by atoms with Crippen molar-refractivity contribution in [3.8, 4) is 0 Å². The van der Waals surface area contributed by atoms with Crippen molar-refractivity contribution in [2.75, 3.05) is 18.4 Å². The molecule has 26 heavy (non-hydrogen) atoms. The molecule has 1 fully saturated rings. The first-order chi connectivity index (χ1) is 12.3. The van der Waals surface area contributed by atoms with Crippen LogP contribution in [0.4, 0.5) is 5.69 Å². The van der Waals surface area contributed by atoms with Gasteiger partial charge in [-0.3, -0.25) is 4.79 Å². The van der Waals surface area contributed by atoms with E-state index in [2.05, 4.69) is 5.32 Å². The van der Waals surface area contributed by atoms with Gasteiger partial charge in [0.15, 0.2) is 0 Å². The molecule has 0 bridgehead atoms. The summed E-state index contributed by atoms with van der Waals surface area (Å²) in [6.07, 6.45) is 2.83. The maximum Gasteiger partial charge on any atom is 0.259 e. The Kier molecular flexibility index (Phi) is 5.20. The molecule has 2 aromatic rings. The predicted octanol–water partition coefficient (Wildman–Crippen LogP) is 3.63. The zero-order valence-corrected chi connectivity index (χ0v) is 16.1. The molecule has 1 aromatic heterocycles. The minimum absolute atomic E-state index is 0.209. The Hall–Kier alpha value is -2.12. The number of sulfonamides is 1. The second kappa shape index (κ2) is 7.25. The molecule has 140 valence electrons.